The molecule has 3 nitrogen and oxygen atoms in total. The van der Waals surface area contributed by atoms with Crippen LogP contribution in [0, 0.1) is 0 Å². The first kappa shape index (κ1) is 14.6. The number of carbonyl (C=O) groups excluding carboxylic acids is 1. The Morgan fingerprint density at radius 1 is 1.35 bits per heavy atom. The minimum Gasteiger partial charge on any atom is -0.399 e. The fraction of sp³-hybridized carbons (Fsp3) is 0.312. The van der Waals surface area contributed by atoms with Gasteiger partial charge >= 0.3 is 0 Å². The minimum absolute atomic E-state index is 0.132. The van der Waals surface area contributed by atoms with Crippen molar-refractivity contribution in [1.82, 2.24) is 4.90 Å². The van der Waals surface area contributed by atoms with Crippen molar-refractivity contribution in [2.75, 3.05) is 19.3 Å². The molecule has 1 unspecified atom stereocenters. The maximum absolute atomic E-state index is 12.4. The summed E-state index contributed by atoms with van der Waals surface area (Å²) in [6, 6.07) is 11.7. The van der Waals surface area contributed by atoms with E-state index in [2.05, 4.69) is 11.4 Å². The van der Waals surface area contributed by atoms with Gasteiger partial charge in [0.2, 0.25) is 5.91 Å². The van der Waals surface area contributed by atoms with Crippen LogP contribution in [0.5, 0.6) is 0 Å². The highest BCUT2D eigenvalue weighted by molar-refractivity contribution is 7.09. The van der Waals surface area contributed by atoms with Gasteiger partial charge in [-0.1, -0.05) is 18.2 Å². The third kappa shape index (κ3) is 3.61. The van der Waals surface area contributed by atoms with Crippen molar-refractivity contribution >= 4 is 22.9 Å². The molecule has 0 radical (unpaired) electrons. The Hall–Kier alpha value is -1.81. The standard InChI is InChI=1S/C16H20N2OS/c1-12(13-5-3-6-14(17)11-13)16(19)18(2)9-8-15-7-4-10-20-15/h3-7,10-12H,8-9,17H2,1-2H3. The van der Waals surface area contributed by atoms with E-state index in [4.69, 9.17) is 5.73 Å². The summed E-state index contributed by atoms with van der Waals surface area (Å²) in [6.07, 6.45) is 0.906. The monoisotopic (exact) mass is 288 g/mol. The Morgan fingerprint density at radius 2 is 2.15 bits per heavy atom. The molecule has 2 N–H and O–H groups in total. The SMILES string of the molecule is CC(C(=O)N(C)CCc1cccs1)c1cccc(N)c1. The van der Waals surface area contributed by atoms with Crippen LogP contribution in [0.4, 0.5) is 5.69 Å². The number of hydrogen-bond acceptors (Lipinski definition) is 3. The lowest BCUT2D eigenvalue weighted by atomic mass is 9.99. The van der Waals surface area contributed by atoms with Gasteiger partial charge in [0.15, 0.2) is 0 Å². The van der Waals surface area contributed by atoms with E-state index in [-0.39, 0.29) is 11.8 Å². The topological polar surface area (TPSA) is 46.3 Å². The minimum atomic E-state index is -0.160. The van der Waals surface area contributed by atoms with Crippen LogP contribution in [0.15, 0.2) is 41.8 Å². The molecule has 2 rings (SSSR count). The number of thiophene rings is 1. The van der Waals surface area contributed by atoms with Gasteiger partial charge in [0.1, 0.15) is 0 Å². The molecule has 0 bridgehead atoms. The average Bonchev–Trinajstić information content (AvgIpc) is 2.96. The molecule has 0 aliphatic heterocycles. The summed E-state index contributed by atoms with van der Waals surface area (Å²) in [6.45, 7) is 2.67. The largest absolute Gasteiger partial charge is 0.399 e. The Morgan fingerprint density at radius 3 is 2.80 bits per heavy atom. The molecule has 0 fully saturated rings. The summed E-state index contributed by atoms with van der Waals surface area (Å²) >= 11 is 1.73. The van der Waals surface area contributed by atoms with E-state index in [9.17, 15) is 4.79 Å². The number of nitrogens with zero attached hydrogens (tertiary/aromatic N) is 1. The van der Waals surface area contributed by atoms with Gasteiger partial charge in [0.05, 0.1) is 5.92 Å². The summed E-state index contributed by atoms with van der Waals surface area (Å²) in [7, 11) is 1.86. The van der Waals surface area contributed by atoms with Gasteiger partial charge in [-0.15, -0.1) is 11.3 Å². The van der Waals surface area contributed by atoms with Crippen LogP contribution >= 0.6 is 11.3 Å². The predicted molar refractivity (Wildman–Crippen MR) is 84.9 cm³/mol. The van der Waals surface area contributed by atoms with Gasteiger partial charge in [-0.2, -0.15) is 0 Å². The molecular formula is C16H20N2OS. The zero-order valence-electron chi connectivity index (χ0n) is 11.9. The molecule has 4 heteroatoms. The van der Waals surface area contributed by atoms with Crippen LogP contribution in [0.2, 0.25) is 0 Å². The second-order valence-electron chi connectivity index (χ2n) is 4.98. The number of rotatable bonds is 5. The summed E-state index contributed by atoms with van der Waals surface area (Å²) in [4.78, 5) is 15.5. The average molecular weight is 288 g/mol. The molecule has 0 saturated heterocycles. The Balaban J connectivity index is 1.95. The normalized spacial score (nSPS) is 12.1. The summed E-state index contributed by atoms with van der Waals surface area (Å²) in [5.74, 6) is -0.0287. The van der Waals surface area contributed by atoms with Crippen molar-refractivity contribution in [2.24, 2.45) is 0 Å². The zero-order chi connectivity index (χ0) is 14.5. The van der Waals surface area contributed by atoms with Crippen molar-refractivity contribution in [3.63, 3.8) is 0 Å². The van der Waals surface area contributed by atoms with E-state index in [1.54, 1.807) is 16.2 Å². The molecule has 1 aromatic carbocycles. The van der Waals surface area contributed by atoms with Crippen LogP contribution in [-0.4, -0.2) is 24.4 Å². The number of nitrogen functional groups attached to an aromatic ring is 1. The second kappa shape index (κ2) is 6.57. The lowest BCUT2D eigenvalue weighted by Gasteiger charge is -2.21. The van der Waals surface area contributed by atoms with Crippen LogP contribution in [0.25, 0.3) is 0 Å². The van der Waals surface area contributed by atoms with E-state index >= 15 is 0 Å². The molecule has 0 aliphatic rings. The maximum Gasteiger partial charge on any atom is 0.229 e. The predicted octanol–water partition coefficient (Wildman–Crippen LogP) is 3.13. The van der Waals surface area contributed by atoms with E-state index in [0.29, 0.717) is 5.69 Å². The Bertz CT molecular complexity index is 566. The van der Waals surface area contributed by atoms with E-state index < -0.39 is 0 Å². The van der Waals surface area contributed by atoms with Gasteiger partial charge in [-0.3, -0.25) is 4.79 Å². The molecule has 20 heavy (non-hydrogen) atoms. The first-order chi connectivity index (χ1) is 9.58. The van der Waals surface area contributed by atoms with Gasteiger partial charge < -0.3 is 10.6 Å². The smallest absolute Gasteiger partial charge is 0.229 e. The number of anilines is 1. The summed E-state index contributed by atoms with van der Waals surface area (Å²) in [5.41, 5.74) is 7.44. The van der Waals surface area contributed by atoms with Gasteiger partial charge in [0, 0.05) is 24.2 Å². The van der Waals surface area contributed by atoms with E-state index in [1.165, 1.54) is 4.88 Å². The highest BCUT2D eigenvalue weighted by Gasteiger charge is 2.19. The highest BCUT2D eigenvalue weighted by Crippen LogP contribution is 2.20. The zero-order valence-corrected chi connectivity index (χ0v) is 12.7. The van der Waals surface area contributed by atoms with E-state index in [0.717, 1.165) is 18.5 Å². The van der Waals surface area contributed by atoms with Crippen LogP contribution in [-0.2, 0) is 11.2 Å². The number of likely N-dealkylation sites (N-methyl/N-ethyl adjacent to an activating group) is 1. The number of carbonyl (C=O) groups is 1. The quantitative estimate of drug-likeness (QED) is 0.859. The van der Waals surface area contributed by atoms with Crippen molar-refractivity contribution in [2.45, 2.75) is 19.3 Å². The number of benzene rings is 1. The Labute approximate surface area is 124 Å². The molecule has 1 amide bonds. The van der Waals surface area contributed by atoms with Crippen molar-refractivity contribution < 1.29 is 4.79 Å². The molecular weight excluding hydrogens is 268 g/mol. The van der Waals surface area contributed by atoms with Gasteiger partial charge in [-0.05, 0) is 42.5 Å². The molecule has 2 aromatic rings. The highest BCUT2D eigenvalue weighted by atomic mass is 32.1. The molecule has 0 spiro atoms. The van der Waals surface area contributed by atoms with E-state index in [1.807, 2.05) is 44.3 Å². The third-order valence-corrected chi connectivity index (χ3v) is 4.37. The summed E-state index contributed by atoms with van der Waals surface area (Å²) in [5, 5.41) is 2.06. The first-order valence-electron chi connectivity index (χ1n) is 6.70. The molecule has 106 valence electrons. The molecule has 1 aromatic heterocycles. The lowest BCUT2D eigenvalue weighted by molar-refractivity contribution is -0.131. The summed E-state index contributed by atoms with van der Waals surface area (Å²) < 4.78 is 0. The van der Waals surface area contributed by atoms with Crippen LogP contribution in [0.1, 0.15) is 23.3 Å². The molecule has 0 saturated carbocycles. The number of hydrogen-bond donors (Lipinski definition) is 1. The fourth-order valence-corrected chi connectivity index (χ4v) is 2.84. The number of amides is 1. The van der Waals surface area contributed by atoms with Crippen molar-refractivity contribution in [3.05, 3.63) is 52.2 Å². The van der Waals surface area contributed by atoms with Crippen molar-refractivity contribution in [3.8, 4) is 0 Å². The van der Waals surface area contributed by atoms with Crippen LogP contribution in [0.3, 0.4) is 0 Å². The van der Waals surface area contributed by atoms with Gasteiger partial charge in [-0.25, -0.2) is 0 Å². The molecule has 1 atom stereocenters. The number of nitrogens with two attached hydrogens (primary N) is 1. The molecule has 0 aliphatic carbocycles. The maximum atomic E-state index is 12.4. The van der Waals surface area contributed by atoms with Crippen LogP contribution < -0.4 is 5.73 Å². The lowest BCUT2D eigenvalue weighted by Crippen LogP contribution is -2.32. The van der Waals surface area contributed by atoms with Gasteiger partial charge in [0.25, 0.3) is 0 Å². The second-order valence-corrected chi connectivity index (χ2v) is 6.01. The fourth-order valence-electron chi connectivity index (χ4n) is 2.14. The Kier molecular flexibility index (Phi) is 4.79. The third-order valence-electron chi connectivity index (χ3n) is 3.43. The molecule has 1 heterocycles. The first-order valence-corrected chi connectivity index (χ1v) is 7.58. The van der Waals surface area contributed by atoms with Crippen molar-refractivity contribution in [1.29, 1.82) is 0 Å².